The van der Waals surface area contributed by atoms with E-state index in [0.717, 1.165) is 5.33 Å². The molecule has 0 nitrogen and oxygen atoms in total. The molecular weight excluding hydrogens is 211 g/mol. The normalized spacial score (nSPS) is 13.0. The van der Waals surface area contributed by atoms with Crippen LogP contribution >= 0.6 is 27.5 Å². The van der Waals surface area contributed by atoms with Gasteiger partial charge >= 0.3 is 0 Å². The Kier molecular flexibility index (Phi) is 3.23. The quantitative estimate of drug-likeness (QED) is 0.669. The van der Waals surface area contributed by atoms with Crippen molar-refractivity contribution in [2.45, 2.75) is 5.38 Å². The van der Waals surface area contributed by atoms with Gasteiger partial charge in [-0.05, 0) is 5.56 Å². The van der Waals surface area contributed by atoms with Crippen molar-refractivity contribution < 1.29 is 0 Å². The summed E-state index contributed by atoms with van der Waals surface area (Å²) in [5.74, 6) is 0. The minimum absolute atomic E-state index is 0.0983. The smallest absolute Gasteiger partial charge is 0.0682 e. The second kappa shape index (κ2) is 3.99. The maximum absolute atomic E-state index is 5.94. The highest BCUT2D eigenvalue weighted by molar-refractivity contribution is 9.09. The molecule has 2 heteroatoms. The first-order valence-corrected chi connectivity index (χ1v) is 4.65. The Morgan fingerprint density at radius 1 is 1.30 bits per heavy atom. The van der Waals surface area contributed by atoms with E-state index >= 15 is 0 Å². The van der Waals surface area contributed by atoms with Crippen molar-refractivity contribution in [1.29, 1.82) is 0 Å². The molecule has 1 atom stereocenters. The zero-order chi connectivity index (χ0) is 7.40. The second-order valence-corrected chi connectivity index (χ2v) is 3.21. The van der Waals surface area contributed by atoms with Crippen LogP contribution in [0.1, 0.15) is 10.9 Å². The lowest BCUT2D eigenvalue weighted by Crippen LogP contribution is -1.88. The van der Waals surface area contributed by atoms with Crippen LogP contribution in [0, 0.1) is 0 Å². The van der Waals surface area contributed by atoms with Crippen LogP contribution in [0.25, 0.3) is 0 Å². The first-order valence-electron chi connectivity index (χ1n) is 3.09. The maximum Gasteiger partial charge on any atom is 0.0682 e. The van der Waals surface area contributed by atoms with E-state index in [0.29, 0.717) is 0 Å². The molecule has 0 amide bonds. The van der Waals surface area contributed by atoms with E-state index < -0.39 is 0 Å². The molecule has 0 heterocycles. The highest BCUT2D eigenvalue weighted by Crippen LogP contribution is 2.21. The first kappa shape index (κ1) is 8.09. The monoisotopic (exact) mass is 218 g/mol. The maximum atomic E-state index is 5.94. The summed E-state index contributed by atoms with van der Waals surface area (Å²) in [6.45, 7) is 0. The molecule has 1 rings (SSSR count). The first-order chi connectivity index (χ1) is 4.84. The lowest BCUT2D eigenvalue weighted by atomic mass is 10.2. The third-order valence-corrected chi connectivity index (χ3v) is 2.72. The van der Waals surface area contributed by atoms with Gasteiger partial charge in [0.1, 0.15) is 0 Å². The van der Waals surface area contributed by atoms with Gasteiger partial charge in [-0.25, -0.2) is 0 Å². The van der Waals surface area contributed by atoms with E-state index in [-0.39, 0.29) is 5.38 Å². The predicted octanol–water partition coefficient (Wildman–Crippen LogP) is 3.36. The average Bonchev–Trinajstić information content (AvgIpc) is 2.05. The average molecular weight is 220 g/mol. The molecular formula is C8H8BrCl. The molecule has 0 aliphatic carbocycles. The summed E-state index contributed by atoms with van der Waals surface area (Å²) < 4.78 is 0. The van der Waals surface area contributed by atoms with Crippen LogP contribution < -0.4 is 0 Å². The van der Waals surface area contributed by atoms with E-state index in [1.54, 1.807) is 0 Å². The van der Waals surface area contributed by atoms with Gasteiger partial charge in [0.2, 0.25) is 0 Å². The minimum atomic E-state index is 0.0983. The van der Waals surface area contributed by atoms with Crippen molar-refractivity contribution in [3.8, 4) is 0 Å². The molecule has 10 heavy (non-hydrogen) atoms. The summed E-state index contributed by atoms with van der Waals surface area (Å²) in [4.78, 5) is 0. The van der Waals surface area contributed by atoms with Crippen LogP contribution in [0.15, 0.2) is 30.3 Å². The summed E-state index contributed by atoms with van der Waals surface area (Å²) in [5.41, 5.74) is 1.17. The van der Waals surface area contributed by atoms with Gasteiger partial charge < -0.3 is 0 Å². The van der Waals surface area contributed by atoms with Gasteiger partial charge in [-0.2, -0.15) is 0 Å². The molecule has 0 saturated carbocycles. The molecule has 0 bridgehead atoms. The van der Waals surface area contributed by atoms with Gasteiger partial charge in [-0.3, -0.25) is 0 Å². The predicted molar refractivity (Wildman–Crippen MR) is 48.8 cm³/mol. The molecule has 0 fully saturated rings. The van der Waals surface area contributed by atoms with Crippen molar-refractivity contribution in [3.63, 3.8) is 0 Å². The molecule has 1 aromatic carbocycles. The lowest BCUT2D eigenvalue weighted by molar-refractivity contribution is 1.11. The Morgan fingerprint density at radius 2 is 1.90 bits per heavy atom. The molecule has 1 aromatic rings. The van der Waals surface area contributed by atoms with Crippen LogP contribution in [0.4, 0.5) is 0 Å². The molecule has 54 valence electrons. The van der Waals surface area contributed by atoms with Crippen LogP contribution in [0.5, 0.6) is 0 Å². The van der Waals surface area contributed by atoms with Crippen molar-refractivity contribution in [3.05, 3.63) is 35.9 Å². The lowest BCUT2D eigenvalue weighted by Gasteiger charge is -2.03. The van der Waals surface area contributed by atoms with E-state index in [1.807, 2.05) is 30.3 Å². The van der Waals surface area contributed by atoms with Gasteiger partial charge in [0, 0.05) is 5.33 Å². The van der Waals surface area contributed by atoms with Gasteiger partial charge in [-0.15, -0.1) is 11.6 Å². The Hall–Kier alpha value is -0.0100. The van der Waals surface area contributed by atoms with Gasteiger partial charge in [0.25, 0.3) is 0 Å². The minimum Gasteiger partial charge on any atom is -0.117 e. The van der Waals surface area contributed by atoms with Gasteiger partial charge in [-0.1, -0.05) is 46.3 Å². The van der Waals surface area contributed by atoms with E-state index in [9.17, 15) is 0 Å². The Morgan fingerprint density at radius 3 is 2.40 bits per heavy atom. The van der Waals surface area contributed by atoms with E-state index in [2.05, 4.69) is 15.9 Å². The summed E-state index contributed by atoms with van der Waals surface area (Å²) in [6.07, 6.45) is 0. The van der Waals surface area contributed by atoms with Crippen molar-refractivity contribution in [2.24, 2.45) is 0 Å². The number of alkyl halides is 2. The third-order valence-electron chi connectivity index (χ3n) is 1.30. The second-order valence-electron chi connectivity index (χ2n) is 2.03. The van der Waals surface area contributed by atoms with Crippen LogP contribution in [-0.4, -0.2) is 5.33 Å². The summed E-state index contributed by atoms with van der Waals surface area (Å²) in [7, 11) is 0. The molecule has 0 saturated heterocycles. The number of rotatable bonds is 2. The number of hydrogen-bond donors (Lipinski definition) is 0. The number of hydrogen-bond acceptors (Lipinski definition) is 0. The highest BCUT2D eigenvalue weighted by atomic mass is 79.9. The molecule has 0 spiro atoms. The van der Waals surface area contributed by atoms with Crippen molar-refractivity contribution >= 4 is 27.5 Å². The Balaban J connectivity index is 2.75. The standard InChI is InChI=1S/C8H8BrCl/c9-6-8(10)7-4-2-1-3-5-7/h1-5,8H,6H2/t8-/m0/s1. The number of halogens is 2. The summed E-state index contributed by atoms with van der Waals surface area (Å²) in [6, 6.07) is 10.0. The van der Waals surface area contributed by atoms with E-state index in [1.165, 1.54) is 5.56 Å². The van der Waals surface area contributed by atoms with Crippen molar-refractivity contribution in [1.82, 2.24) is 0 Å². The molecule has 0 aliphatic rings. The van der Waals surface area contributed by atoms with Gasteiger partial charge in [0.05, 0.1) is 5.38 Å². The van der Waals surface area contributed by atoms with Gasteiger partial charge in [0.15, 0.2) is 0 Å². The third kappa shape index (κ3) is 1.99. The zero-order valence-electron chi connectivity index (χ0n) is 5.43. The fourth-order valence-electron chi connectivity index (χ4n) is 0.751. The van der Waals surface area contributed by atoms with E-state index in [4.69, 9.17) is 11.6 Å². The highest BCUT2D eigenvalue weighted by Gasteiger charge is 2.02. The fourth-order valence-corrected chi connectivity index (χ4v) is 1.27. The summed E-state index contributed by atoms with van der Waals surface area (Å²) in [5, 5.41) is 0.902. The van der Waals surface area contributed by atoms with Crippen LogP contribution in [0.3, 0.4) is 0 Å². The largest absolute Gasteiger partial charge is 0.117 e. The van der Waals surface area contributed by atoms with Crippen LogP contribution in [0.2, 0.25) is 0 Å². The zero-order valence-corrected chi connectivity index (χ0v) is 7.77. The number of benzene rings is 1. The molecule has 0 unspecified atom stereocenters. The molecule has 0 N–H and O–H groups in total. The molecule has 0 aliphatic heterocycles. The van der Waals surface area contributed by atoms with Crippen molar-refractivity contribution in [2.75, 3.05) is 5.33 Å². The topological polar surface area (TPSA) is 0 Å². The molecule has 0 radical (unpaired) electrons. The Bertz CT molecular complexity index is 186. The summed E-state index contributed by atoms with van der Waals surface area (Å²) >= 11 is 9.26. The molecule has 0 aromatic heterocycles. The Labute approximate surface area is 74.3 Å². The van der Waals surface area contributed by atoms with Crippen LogP contribution in [-0.2, 0) is 0 Å². The SMILES string of the molecule is Cl[C@@H](CBr)c1ccccc1. The fraction of sp³-hybridized carbons (Fsp3) is 0.250.